The Bertz CT molecular complexity index is 2580. The van der Waals surface area contributed by atoms with Crippen LogP contribution in [0.1, 0.15) is 23.5 Å². The fourth-order valence-corrected chi connectivity index (χ4v) is 8.10. The van der Waals surface area contributed by atoms with Crippen LogP contribution in [0.5, 0.6) is 0 Å². The van der Waals surface area contributed by atoms with Crippen LogP contribution in [-0.2, 0) is 0 Å². The third-order valence-corrected chi connectivity index (χ3v) is 10.4. The highest BCUT2D eigenvalue weighted by Crippen LogP contribution is 2.43. The van der Waals surface area contributed by atoms with E-state index in [4.69, 9.17) is 0 Å². The molecule has 9 aromatic rings. The first-order valence-corrected chi connectivity index (χ1v) is 17.2. The van der Waals surface area contributed by atoms with Gasteiger partial charge < -0.3 is 4.40 Å². The van der Waals surface area contributed by atoms with Crippen molar-refractivity contribution in [3.8, 4) is 33.4 Å². The Morgan fingerprint density at radius 2 is 0.898 bits per heavy atom. The average molecular weight is 624 g/mol. The number of rotatable bonds is 5. The van der Waals surface area contributed by atoms with E-state index in [0.29, 0.717) is 5.92 Å². The zero-order valence-corrected chi connectivity index (χ0v) is 27.1. The topological polar surface area (TPSA) is 4.41 Å². The van der Waals surface area contributed by atoms with Crippen molar-refractivity contribution in [3.05, 3.63) is 193 Å². The lowest BCUT2D eigenvalue weighted by molar-refractivity contribution is 0.871. The minimum Gasteiger partial charge on any atom is -0.308 e. The van der Waals surface area contributed by atoms with Gasteiger partial charge in [0.1, 0.15) is 0 Å². The first-order chi connectivity index (χ1) is 24.3. The molecule has 0 radical (unpaired) electrons. The van der Waals surface area contributed by atoms with Gasteiger partial charge >= 0.3 is 0 Å². The highest BCUT2D eigenvalue weighted by atomic mass is 14.9. The summed E-state index contributed by atoms with van der Waals surface area (Å²) in [4.78, 5) is 0. The summed E-state index contributed by atoms with van der Waals surface area (Å²) >= 11 is 0. The van der Waals surface area contributed by atoms with Crippen molar-refractivity contribution in [2.75, 3.05) is 0 Å². The summed E-state index contributed by atoms with van der Waals surface area (Å²) < 4.78 is 2.46. The van der Waals surface area contributed by atoms with E-state index in [0.717, 1.165) is 6.42 Å². The summed E-state index contributed by atoms with van der Waals surface area (Å²) in [6.45, 7) is 0. The Morgan fingerprint density at radius 3 is 1.51 bits per heavy atom. The van der Waals surface area contributed by atoms with Gasteiger partial charge in [-0.15, -0.1) is 0 Å². The Balaban J connectivity index is 1.04. The van der Waals surface area contributed by atoms with Gasteiger partial charge in [-0.25, -0.2) is 0 Å². The lowest BCUT2D eigenvalue weighted by Gasteiger charge is -2.20. The largest absolute Gasteiger partial charge is 0.308 e. The number of hydrogen-bond acceptors (Lipinski definition) is 0. The molecule has 1 aliphatic carbocycles. The van der Waals surface area contributed by atoms with Crippen molar-refractivity contribution in [3.63, 3.8) is 0 Å². The average Bonchev–Trinajstić information content (AvgIpc) is 3.70. The van der Waals surface area contributed by atoms with E-state index in [9.17, 15) is 0 Å². The van der Waals surface area contributed by atoms with Crippen molar-refractivity contribution in [1.29, 1.82) is 0 Å². The van der Waals surface area contributed by atoms with Crippen molar-refractivity contribution in [2.24, 2.45) is 0 Å². The Morgan fingerprint density at radius 1 is 0.408 bits per heavy atom. The van der Waals surface area contributed by atoms with Crippen molar-refractivity contribution in [1.82, 2.24) is 4.40 Å². The zero-order chi connectivity index (χ0) is 32.3. The second kappa shape index (κ2) is 11.2. The highest BCUT2D eigenvalue weighted by molar-refractivity contribution is 6.23. The van der Waals surface area contributed by atoms with E-state index in [1.54, 1.807) is 0 Å². The summed E-state index contributed by atoms with van der Waals surface area (Å²) in [7, 11) is 0. The highest BCUT2D eigenvalue weighted by Gasteiger charge is 2.22. The molecule has 2 aromatic heterocycles. The van der Waals surface area contributed by atoms with Crippen molar-refractivity contribution >= 4 is 43.7 Å². The maximum atomic E-state index is 2.46. The number of fused-ring (bicyclic) bond motifs is 6. The number of nitrogens with zero attached hydrogens (tertiary/aromatic N) is 1. The number of hydrogen-bond donors (Lipinski definition) is 0. The molecule has 230 valence electrons. The van der Waals surface area contributed by atoms with Gasteiger partial charge in [0.25, 0.3) is 0 Å². The number of allylic oxidation sites excluding steroid dienone is 4. The van der Waals surface area contributed by atoms with Crippen molar-refractivity contribution in [2.45, 2.75) is 12.3 Å². The lowest BCUT2D eigenvalue weighted by atomic mass is 9.84. The van der Waals surface area contributed by atoms with Gasteiger partial charge in [-0.05, 0) is 105 Å². The van der Waals surface area contributed by atoms with Crippen LogP contribution in [0.2, 0.25) is 0 Å². The first-order valence-electron chi connectivity index (χ1n) is 17.2. The second-order valence-electron chi connectivity index (χ2n) is 13.3. The summed E-state index contributed by atoms with van der Waals surface area (Å²) in [5, 5.41) is 5.34. The van der Waals surface area contributed by atoms with Gasteiger partial charge in [0.05, 0.1) is 16.6 Å². The zero-order valence-electron chi connectivity index (χ0n) is 27.1. The molecule has 1 aliphatic rings. The number of aromatic nitrogens is 1. The quantitative estimate of drug-likeness (QED) is 0.180. The SMILES string of the molecule is C1=CC(c2cc3c4ccccc4n4c5ccccc5c(c2)c34)CC(c2cccc(-c3cc(-c4ccccc4)cc(-c4ccccc4)c3)c2)=C1. The molecule has 0 spiro atoms. The molecule has 0 N–H and O–H groups in total. The molecule has 0 aliphatic heterocycles. The number of benzene rings is 7. The normalized spacial score (nSPS) is 14.7. The van der Waals surface area contributed by atoms with Crippen molar-refractivity contribution < 1.29 is 0 Å². The molecule has 2 heterocycles. The molecule has 1 atom stereocenters. The molecule has 0 saturated carbocycles. The smallest absolute Gasteiger partial charge is 0.0620 e. The van der Waals surface area contributed by atoms with Crippen LogP contribution in [-0.4, -0.2) is 4.40 Å². The van der Waals surface area contributed by atoms with Crippen LogP contribution < -0.4 is 0 Å². The van der Waals surface area contributed by atoms with Gasteiger partial charge in [0.2, 0.25) is 0 Å². The van der Waals surface area contributed by atoms with E-state index in [-0.39, 0.29) is 0 Å². The van der Waals surface area contributed by atoms with E-state index in [1.807, 2.05) is 0 Å². The van der Waals surface area contributed by atoms with Crippen LogP contribution >= 0.6 is 0 Å². The summed E-state index contributed by atoms with van der Waals surface area (Å²) in [5.74, 6) is 0.297. The van der Waals surface area contributed by atoms with Crippen LogP contribution in [0.25, 0.3) is 77.0 Å². The lowest BCUT2D eigenvalue weighted by Crippen LogP contribution is -2.01. The molecule has 0 saturated heterocycles. The third kappa shape index (κ3) is 4.62. The van der Waals surface area contributed by atoms with Gasteiger partial charge in [-0.2, -0.15) is 0 Å². The minimum absolute atomic E-state index is 0.297. The third-order valence-electron chi connectivity index (χ3n) is 10.4. The molecule has 1 unspecified atom stereocenters. The van der Waals surface area contributed by atoms with Gasteiger partial charge in [0, 0.05) is 27.5 Å². The molecule has 10 rings (SSSR count). The predicted molar refractivity (Wildman–Crippen MR) is 208 cm³/mol. The summed E-state index contributed by atoms with van der Waals surface area (Å²) in [6, 6.07) is 60.2. The van der Waals surface area contributed by atoms with Gasteiger partial charge in [-0.1, -0.05) is 133 Å². The van der Waals surface area contributed by atoms with Crippen LogP contribution in [0.15, 0.2) is 182 Å². The second-order valence-corrected chi connectivity index (χ2v) is 13.3. The van der Waals surface area contributed by atoms with Crippen LogP contribution in [0.3, 0.4) is 0 Å². The molecular weight excluding hydrogens is 591 g/mol. The monoisotopic (exact) mass is 623 g/mol. The predicted octanol–water partition coefficient (Wildman–Crippen LogP) is 13.0. The van der Waals surface area contributed by atoms with Crippen LogP contribution in [0, 0.1) is 0 Å². The molecule has 1 nitrogen and oxygen atoms in total. The van der Waals surface area contributed by atoms with Gasteiger partial charge in [0.15, 0.2) is 0 Å². The Labute approximate surface area is 286 Å². The molecular formula is C48H33N. The van der Waals surface area contributed by atoms with E-state index in [1.165, 1.54) is 88.2 Å². The molecule has 0 bridgehead atoms. The standard InChI is InChI=1S/C48H33N/c1-3-13-32(14-4-1)38-27-39(33-15-5-2-6-16-33)29-40(28-38)36-19-11-17-34(25-36)35-18-12-20-37(26-35)41-30-44-42-21-7-9-23-46(42)49-47-24-10-8-22-43(47)45(31-41)48(44)49/h1-25,27-31,37H,26H2. The molecule has 0 fully saturated rings. The number of para-hydroxylation sites is 2. The summed E-state index contributed by atoms with van der Waals surface area (Å²) in [5.41, 5.74) is 15.3. The Hall–Kier alpha value is -6.18. The van der Waals surface area contributed by atoms with E-state index >= 15 is 0 Å². The Kier molecular flexibility index (Phi) is 6.38. The minimum atomic E-state index is 0.297. The molecule has 49 heavy (non-hydrogen) atoms. The van der Waals surface area contributed by atoms with Gasteiger partial charge in [-0.3, -0.25) is 0 Å². The maximum absolute atomic E-state index is 2.46. The summed E-state index contributed by atoms with van der Waals surface area (Å²) in [6.07, 6.45) is 7.92. The fourth-order valence-electron chi connectivity index (χ4n) is 8.10. The molecule has 0 amide bonds. The molecule has 7 aromatic carbocycles. The molecule has 1 heteroatoms. The van der Waals surface area contributed by atoms with E-state index in [2.05, 4.69) is 186 Å². The fraction of sp³-hybridized carbons (Fsp3) is 0.0417. The van der Waals surface area contributed by atoms with Crippen LogP contribution in [0.4, 0.5) is 0 Å². The van der Waals surface area contributed by atoms with E-state index < -0.39 is 0 Å². The first kappa shape index (κ1) is 27.9. The maximum Gasteiger partial charge on any atom is 0.0620 e.